The van der Waals surface area contributed by atoms with Crippen molar-refractivity contribution in [3.63, 3.8) is 0 Å². The first kappa shape index (κ1) is 22.6. The fourth-order valence-corrected chi connectivity index (χ4v) is 4.08. The summed E-state index contributed by atoms with van der Waals surface area (Å²) in [5.74, 6) is -1.95. The first-order valence-corrected chi connectivity index (χ1v) is 10.9. The van der Waals surface area contributed by atoms with Crippen molar-refractivity contribution in [3.8, 4) is 0 Å². The third-order valence-electron chi connectivity index (χ3n) is 4.39. The molecule has 7 nitrogen and oxygen atoms in total. The Morgan fingerprint density at radius 3 is 2.07 bits per heavy atom. The van der Waals surface area contributed by atoms with Gasteiger partial charge in [-0.1, -0.05) is 39.3 Å². The van der Waals surface area contributed by atoms with E-state index in [9.17, 15) is 23.1 Å². The van der Waals surface area contributed by atoms with Crippen molar-refractivity contribution in [3.05, 3.63) is 59.7 Å². The number of aryl methyl sites for hydroxylation is 1. The van der Waals surface area contributed by atoms with Crippen LogP contribution in [0.15, 0.2) is 53.4 Å². The number of hydrogen-bond acceptors (Lipinski definition) is 4. The average molecular weight is 419 g/mol. The Bertz CT molecular complexity index is 952. The molecule has 2 rings (SSSR count). The van der Waals surface area contributed by atoms with Gasteiger partial charge in [0.1, 0.15) is 6.04 Å². The molecule has 0 aliphatic heterocycles. The van der Waals surface area contributed by atoms with Crippen molar-refractivity contribution in [2.24, 2.45) is 5.92 Å². The lowest BCUT2D eigenvalue weighted by Gasteiger charge is -2.18. The molecule has 29 heavy (non-hydrogen) atoms. The monoisotopic (exact) mass is 418 g/mol. The topological polar surface area (TPSA) is 113 Å². The normalized spacial score (nSPS) is 12.6. The molecule has 2 aromatic carbocycles. The number of carbonyl (C=O) groups is 2. The van der Waals surface area contributed by atoms with Gasteiger partial charge in [0, 0.05) is 11.3 Å². The van der Waals surface area contributed by atoms with Crippen molar-refractivity contribution in [1.82, 2.24) is 4.72 Å². The lowest BCUT2D eigenvalue weighted by Crippen LogP contribution is -2.44. The van der Waals surface area contributed by atoms with Gasteiger partial charge in [0.25, 0.3) is 5.91 Å². The van der Waals surface area contributed by atoms with Crippen LogP contribution >= 0.6 is 0 Å². The largest absolute Gasteiger partial charge is 0.480 e. The van der Waals surface area contributed by atoms with Crippen LogP contribution in [0.4, 0.5) is 5.69 Å². The van der Waals surface area contributed by atoms with E-state index in [4.69, 9.17) is 0 Å². The summed E-state index contributed by atoms with van der Waals surface area (Å²) >= 11 is 0. The lowest BCUT2D eigenvalue weighted by atomic mass is 10.1. The fraction of sp³-hybridized carbons (Fsp3) is 0.333. The van der Waals surface area contributed by atoms with Crippen LogP contribution in [0, 0.1) is 5.92 Å². The third kappa shape index (κ3) is 6.13. The molecule has 0 saturated carbocycles. The van der Waals surface area contributed by atoms with Crippen LogP contribution in [0.2, 0.25) is 0 Å². The summed E-state index contributed by atoms with van der Waals surface area (Å²) in [7, 11) is -4.00. The van der Waals surface area contributed by atoms with Crippen LogP contribution in [0.3, 0.4) is 0 Å². The molecule has 0 fully saturated rings. The van der Waals surface area contributed by atoms with Gasteiger partial charge in [0.15, 0.2) is 0 Å². The molecule has 0 unspecified atom stereocenters. The zero-order chi connectivity index (χ0) is 21.6. The minimum atomic E-state index is -4.00. The second-order valence-corrected chi connectivity index (χ2v) is 8.82. The predicted molar refractivity (Wildman–Crippen MR) is 111 cm³/mol. The molecule has 0 heterocycles. The fourth-order valence-electron chi connectivity index (χ4n) is 2.74. The van der Waals surface area contributed by atoms with Crippen LogP contribution in [0.1, 0.15) is 43.1 Å². The predicted octanol–water partition coefficient (Wildman–Crippen LogP) is 3.28. The summed E-state index contributed by atoms with van der Waals surface area (Å²) in [5, 5.41) is 11.9. The van der Waals surface area contributed by atoms with Crippen LogP contribution < -0.4 is 10.0 Å². The molecular weight excluding hydrogens is 392 g/mol. The summed E-state index contributed by atoms with van der Waals surface area (Å²) in [5.41, 5.74) is 2.10. The maximum Gasteiger partial charge on any atom is 0.322 e. The highest BCUT2D eigenvalue weighted by Crippen LogP contribution is 2.17. The first-order valence-electron chi connectivity index (χ1n) is 9.39. The molecule has 1 amide bonds. The molecule has 0 aromatic heterocycles. The second kappa shape index (κ2) is 9.67. The Kier molecular flexibility index (Phi) is 7.53. The molecule has 156 valence electrons. The number of amides is 1. The smallest absolute Gasteiger partial charge is 0.322 e. The molecule has 3 N–H and O–H groups in total. The van der Waals surface area contributed by atoms with E-state index in [0.29, 0.717) is 11.3 Å². The molecule has 0 bridgehead atoms. The van der Waals surface area contributed by atoms with Crippen molar-refractivity contribution in [1.29, 1.82) is 0 Å². The molecule has 0 saturated heterocycles. The van der Waals surface area contributed by atoms with E-state index in [1.54, 1.807) is 26.0 Å². The van der Waals surface area contributed by atoms with Crippen LogP contribution in [0.25, 0.3) is 0 Å². The highest BCUT2D eigenvalue weighted by molar-refractivity contribution is 7.89. The average Bonchev–Trinajstić information content (AvgIpc) is 2.67. The van der Waals surface area contributed by atoms with Crippen molar-refractivity contribution in [2.75, 3.05) is 5.32 Å². The van der Waals surface area contributed by atoms with Crippen molar-refractivity contribution < 1.29 is 23.1 Å². The number of anilines is 1. The van der Waals surface area contributed by atoms with E-state index in [-0.39, 0.29) is 10.8 Å². The summed E-state index contributed by atoms with van der Waals surface area (Å²) in [6, 6.07) is 11.7. The highest BCUT2D eigenvalue weighted by atomic mass is 32.2. The number of nitrogens with one attached hydrogen (secondary N) is 2. The minimum Gasteiger partial charge on any atom is -0.480 e. The first-order chi connectivity index (χ1) is 13.6. The number of carbonyl (C=O) groups excluding carboxylic acids is 1. The molecular formula is C21H26N2O5S. The van der Waals surface area contributed by atoms with E-state index in [0.717, 1.165) is 18.4 Å². The number of hydrogen-bond donors (Lipinski definition) is 3. The number of carboxylic acid groups (broad SMARTS) is 1. The molecule has 1 atom stereocenters. The quantitative estimate of drug-likeness (QED) is 0.578. The lowest BCUT2D eigenvalue weighted by molar-refractivity contribution is -0.140. The minimum absolute atomic E-state index is 0.0775. The zero-order valence-electron chi connectivity index (χ0n) is 16.7. The third-order valence-corrected chi connectivity index (χ3v) is 5.85. The summed E-state index contributed by atoms with van der Waals surface area (Å²) in [4.78, 5) is 23.5. The Hall–Kier alpha value is -2.71. The summed E-state index contributed by atoms with van der Waals surface area (Å²) in [6.45, 7) is 5.33. The standard InChI is InChI=1S/C21H26N2O5S/c1-4-5-15-6-8-16(9-7-15)20(24)22-17-10-12-18(13-11-17)29(27,28)23-19(14(2)3)21(25)26/h6-14,19,23H,4-5H2,1-3H3,(H,22,24)(H,25,26)/t19-/m1/s1. The Balaban J connectivity index is 2.09. The number of carboxylic acids is 1. The molecule has 0 radical (unpaired) electrons. The summed E-state index contributed by atoms with van der Waals surface area (Å²) < 4.78 is 27.1. The van der Waals surface area contributed by atoms with Crippen molar-refractivity contribution in [2.45, 2.75) is 44.6 Å². The van der Waals surface area contributed by atoms with Gasteiger partial charge in [-0.05, 0) is 54.3 Å². The van der Waals surface area contributed by atoms with Gasteiger partial charge < -0.3 is 10.4 Å². The van der Waals surface area contributed by atoms with E-state index in [1.807, 2.05) is 12.1 Å². The van der Waals surface area contributed by atoms with Crippen LogP contribution in [0.5, 0.6) is 0 Å². The molecule has 0 aliphatic rings. The van der Waals surface area contributed by atoms with Gasteiger partial charge in [0.2, 0.25) is 10.0 Å². The molecule has 8 heteroatoms. The number of aliphatic carboxylic acids is 1. The van der Waals surface area contributed by atoms with Crippen molar-refractivity contribution >= 4 is 27.6 Å². The maximum absolute atomic E-state index is 12.4. The maximum atomic E-state index is 12.4. The second-order valence-electron chi connectivity index (χ2n) is 7.11. The Labute approximate surface area is 171 Å². The SMILES string of the molecule is CCCc1ccc(C(=O)Nc2ccc(S(=O)(=O)N[C@@H](C(=O)O)C(C)C)cc2)cc1. The highest BCUT2D eigenvalue weighted by Gasteiger charge is 2.27. The number of rotatable bonds is 9. The number of sulfonamides is 1. The van der Waals surface area contributed by atoms with E-state index in [2.05, 4.69) is 17.0 Å². The van der Waals surface area contributed by atoms with Gasteiger partial charge in [-0.3, -0.25) is 9.59 Å². The zero-order valence-corrected chi connectivity index (χ0v) is 17.5. The summed E-state index contributed by atoms with van der Waals surface area (Å²) in [6.07, 6.45) is 1.98. The molecule has 0 spiro atoms. The number of benzene rings is 2. The van der Waals surface area contributed by atoms with Crippen LogP contribution in [-0.2, 0) is 21.2 Å². The Morgan fingerprint density at radius 1 is 1.00 bits per heavy atom. The van der Waals surface area contributed by atoms with Crippen LogP contribution in [-0.4, -0.2) is 31.4 Å². The van der Waals surface area contributed by atoms with E-state index >= 15 is 0 Å². The van der Waals surface area contributed by atoms with Gasteiger partial charge in [-0.15, -0.1) is 0 Å². The van der Waals surface area contributed by atoms with E-state index < -0.39 is 28.0 Å². The van der Waals surface area contributed by atoms with Gasteiger partial charge in [-0.25, -0.2) is 8.42 Å². The van der Waals surface area contributed by atoms with Gasteiger partial charge in [0.05, 0.1) is 4.90 Å². The van der Waals surface area contributed by atoms with Gasteiger partial charge in [-0.2, -0.15) is 4.72 Å². The van der Waals surface area contributed by atoms with E-state index in [1.165, 1.54) is 24.3 Å². The van der Waals surface area contributed by atoms with Gasteiger partial charge >= 0.3 is 5.97 Å². The Morgan fingerprint density at radius 2 is 1.59 bits per heavy atom. The molecule has 2 aromatic rings. The molecule has 0 aliphatic carbocycles.